The Morgan fingerprint density at radius 3 is 2.33 bits per heavy atom. The van der Waals surface area contributed by atoms with Gasteiger partial charge >= 0.3 is 0 Å². The lowest BCUT2D eigenvalue weighted by Crippen LogP contribution is -2.29. The zero-order chi connectivity index (χ0) is 21.7. The number of benzene rings is 2. The standard InChI is InChI=1S/C22H23Cl2N3O3/c1-2-3-8-27-13-15(9-20(27)28)22(30)25-18-6-4-14(5-7-18)21(29)26-19-11-16(23)10-17(24)12-19/h4-7,10-12,15H,2-3,8-9,13H2,1H3,(H,25,30)(H,26,29). The van der Waals surface area contributed by atoms with Gasteiger partial charge in [-0.25, -0.2) is 0 Å². The van der Waals surface area contributed by atoms with Gasteiger partial charge < -0.3 is 15.5 Å². The monoisotopic (exact) mass is 447 g/mol. The largest absolute Gasteiger partial charge is 0.342 e. The van der Waals surface area contributed by atoms with Crippen molar-refractivity contribution in [2.75, 3.05) is 23.7 Å². The first-order valence-electron chi connectivity index (χ1n) is 9.82. The number of amides is 3. The number of rotatable bonds is 7. The van der Waals surface area contributed by atoms with E-state index < -0.39 is 0 Å². The molecule has 1 saturated heterocycles. The van der Waals surface area contributed by atoms with Gasteiger partial charge in [-0.2, -0.15) is 0 Å². The lowest BCUT2D eigenvalue weighted by atomic mass is 10.1. The molecule has 0 spiro atoms. The van der Waals surface area contributed by atoms with Crippen LogP contribution >= 0.6 is 23.2 Å². The highest BCUT2D eigenvalue weighted by Gasteiger charge is 2.33. The quantitative estimate of drug-likeness (QED) is 0.637. The number of likely N-dealkylation sites (tertiary alicyclic amines) is 1. The van der Waals surface area contributed by atoms with Gasteiger partial charge in [-0.05, 0) is 48.9 Å². The first-order valence-corrected chi connectivity index (χ1v) is 10.6. The average Bonchev–Trinajstić information content (AvgIpc) is 3.07. The summed E-state index contributed by atoms with van der Waals surface area (Å²) in [5, 5.41) is 6.41. The van der Waals surface area contributed by atoms with E-state index in [4.69, 9.17) is 23.2 Å². The van der Waals surface area contributed by atoms with Crippen molar-refractivity contribution < 1.29 is 14.4 Å². The van der Waals surface area contributed by atoms with E-state index in [2.05, 4.69) is 17.6 Å². The van der Waals surface area contributed by atoms with Gasteiger partial charge in [0.05, 0.1) is 5.92 Å². The van der Waals surface area contributed by atoms with Crippen molar-refractivity contribution in [2.45, 2.75) is 26.2 Å². The minimum atomic E-state index is -0.357. The van der Waals surface area contributed by atoms with Crippen LogP contribution < -0.4 is 10.6 Å². The normalized spacial score (nSPS) is 15.9. The number of nitrogens with one attached hydrogen (secondary N) is 2. The zero-order valence-corrected chi connectivity index (χ0v) is 18.1. The van der Waals surface area contributed by atoms with Gasteiger partial charge in [0.15, 0.2) is 0 Å². The smallest absolute Gasteiger partial charge is 0.255 e. The SMILES string of the molecule is CCCCN1CC(C(=O)Nc2ccc(C(=O)Nc3cc(Cl)cc(Cl)c3)cc2)CC1=O. The summed E-state index contributed by atoms with van der Waals surface area (Å²) in [4.78, 5) is 38.7. The molecule has 0 radical (unpaired) electrons. The van der Waals surface area contributed by atoms with Crippen LogP contribution in [-0.4, -0.2) is 35.7 Å². The topological polar surface area (TPSA) is 78.5 Å². The summed E-state index contributed by atoms with van der Waals surface area (Å²) in [6, 6.07) is 11.3. The lowest BCUT2D eigenvalue weighted by Gasteiger charge is -2.16. The van der Waals surface area contributed by atoms with Crippen LogP contribution in [0.2, 0.25) is 10.0 Å². The Bertz CT molecular complexity index is 927. The number of carbonyl (C=O) groups excluding carboxylic acids is 3. The van der Waals surface area contributed by atoms with Crippen LogP contribution in [-0.2, 0) is 9.59 Å². The van der Waals surface area contributed by atoms with Crippen molar-refractivity contribution in [1.29, 1.82) is 0 Å². The molecule has 8 heteroatoms. The zero-order valence-electron chi connectivity index (χ0n) is 16.6. The van der Waals surface area contributed by atoms with Crippen LogP contribution in [0.1, 0.15) is 36.5 Å². The fourth-order valence-corrected chi connectivity index (χ4v) is 3.82. The number of carbonyl (C=O) groups is 3. The van der Waals surface area contributed by atoms with Crippen LogP contribution in [0, 0.1) is 5.92 Å². The molecule has 6 nitrogen and oxygen atoms in total. The van der Waals surface area contributed by atoms with E-state index >= 15 is 0 Å². The van der Waals surface area contributed by atoms with Gasteiger partial charge in [-0.1, -0.05) is 36.5 Å². The molecule has 0 aliphatic carbocycles. The van der Waals surface area contributed by atoms with Crippen LogP contribution in [0.4, 0.5) is 11.4 Å². The van der Waals surface area contributed by atoms with Gasteiger partial charge in [-0.3, -0.25) is 14.4 Å². The predicted octanol–water partition coefficient (Wildman–Crippen LogP) is 4.83. The maximum Gasteiger partial charge on any atom is 0.255 e. The molecular formula is C22H23Cl2N3O3. The third-order valence-corrected chi connectivity index (χ3v) is 5.34. The second kappa shape index (κ2) is 9.96. The van der Waals surface area contributed by atoms with Gasteiger partial charge in [0.25, 0.3) is 5.91 Å². The van der Waals surface area contributed by atoms with Crippen molar-refractivity contribution in [3.63, 3.8) is 0 Å². The molecule has 2 aromatic carbocycles. The molecule has 1 atom stereocenters. The summed E-state index contributed by atoms with van der Waals surface area (Å²) < 4.78 is 0. The molecule has 158 valence electrons. The van der Waals surface area contributed by atoms with Crippen molar-refractivity contribution in [3.05, 3.63) is 58.1 Å². The molecular weight excluding hydrogens is 425 g/mol. The molecule has 2 N–H and O–H groups in total. The van der Waals surface area contributed by atoms with E-state index in [1.165, 1.54) is 0 Å². The molecule has 0 bridgehead atoms. The van der Waals surface area contributed by atoms with Crippen molar-refractivity contribution in [3.8, 4) is 0 Å². The van der Waals surface area contributed by atoms with E-state index in [0.717, 1.165) is 12.8 Å². The Balaban J connectivity index is 1.57. The Morgan fingerprint density at radius 2 is 1.70 bits per heavy atom. The Morgan fingerprint density at radius 1 is 1.03 bits per heavy atom. The van der Waals surface area contributed by atoms with Crippen molar-refractivity contribution >= 4 is 52.3 Å². The Kier molecular flexibility index (Phi) is 7.34. The second-order valence-corrected chi connectivity index (χ2v) is 8.15. The van der Waals surface area contributed by atoms with Gasteiger partial charge in [0.2, 0.25) is 11.8 Å². The number of nitrogens with zero attached hydrogens (tertiary/aromatic N) is 1. The predicted molar refractivity (Wildman–Crippen MR) is 119 cm³/mol. The van der Waals surface area contributed by atoms with Crippen molar-refractivity contribution in [2.24, 2.45) is 5.92 Å². The highest BCUT2D eigenvalue weighted by atomic mass is 35.5. The number of hydrogen-bond acceptors (Lipinski definition) is 3. The first-order chi connectivity index (χ1) is 14.4. The number of halogens is 2. The van der Waals surface area contributed by atoms with Crippen molar-refractivity contribution in [1.82, 2.24) is 4.90 Å². The molecule has 1 aliphatic rings. The van der Waals surface area contributed by atoms with E-state index in [9.17, 15) is 14.4 Å². The average molecular weight is 448 g/mol. The van der Waals surface area contributed by atoms with Gasteiger partial charge in [0.1, 0.15) is 0 Å². The molecule has 30 heavy (non-hydrogen) atoms. The van der Waals surface area contributed by atoms with Gasteiger partial charge in [-0.15, -0.1) is 0 Å². The molecule has 3 amide bonds. The number of unbranched alkanes of at least 4 members (excludes halogenated alkanes) is 1. The molecule has 2 aromatic rings. The summed E-state index contributed by atoms with van der Waals surface area (Å²) >= 11 is 11.9. The molecule has 1 unspecified atom stereocenters. The van der Waals surface area contributed by atoms with Crippen LogP contribution in [0.5, 0.6) is 0 Å². The highest BCUT2D eigenvalue weighted by Crippen LogP contribution is 2.24. The fraction of sp³-hybridized carbons (Fsp3) is 0.318. The third-order valence-electron chi connectivity index (χ3n) is 4.90. The summed E-state index contributed by atoms with van der Waals surface area (Å²) in [6.07, 6.45) is 2.17. The van der Waals surface area contributed by atoms with Crippen LogP contribution in [0.3, 0.4) is 0 Å². The molecule has 0 saturated carbocycles. The maximum absolute atomic E-state index is 12.5. The molecule has 1 fully saturated rings. The highest BCUT2D eigenvalue weighted by molar-refractivity contribution is 6.35. The number of anilines is 2. The Labute approximate surface area is 185 Å². The fourth-order valence-electron chi connectivity index (χ4n) is 3.29. The maximum atomic E-state index is 12.5. The minimum Gasteiger partial charge on any atom is -0.342 e. The summed E-state index contributed by atoms with van der Waals surface area (Å²) in [5.41, 5.74) is 1.49. The van der Waals surface area contributed by atoms with E-state index in [1.807, 2.05) is 0 Å². The van der Waals surface area contributed by atoms with E-state index in [-0.39, 0.29) is 30.1 Å². The second-order valence-electron chi connectivity index (χ2n) is 7.27. The molecule has 1 aliphatic heterocycles. The summed E-state index contributed by atoms with van der Waals surface area (Å²) in [6.45, 7) is 3.22. The first kappa shape index (κ1) is 22.1. The van der Waals surface area contributed by atoms with E-state index in [1.54, 1.807) is 47.4 Å². The molecule has 3 rings (SSSR count). The molecule has 1 heterocycles. The summed E-state index contributed by atoms with van der Waals surface area (Å²) in [7, 11) is 0. The van der Waals surface area contributed by atoms with Gasteiger partial charge in [0, 0.05) is 46.5 Å². The lowest BCUT2D eigenvalue weighted by molar-refractivity contribution is -0.128. The minimum absolute atomic E-state index is 0.0248. The van der Waals surface area contributed by atoms with E-state index in [0.29, 0.717) is 40.1 Å². The molecule has 0 aromatic heterocycles. The van der Waals surface area contributed by atoms with Crippen LogP contribution in [0.25, 0.3) is 0 Å². The van der Waals surface area contributed by atoms with Crippen LogP contribution in [0.15, 0.2) is 42.5 Å². The summed E-state index contributed by atoms with van der Waals surface area (Å²) in [5.74, 6) is -0.839. The number of hydrogen-bond donors (Lipinski definition) is 2. The Hall–Kier alpha value is -2.57. The third kappa shape index (κ3) is 5.74.